The first-order chi connectivity index (χ1) is 9.77. The highest BCUT2D eigenvalue weighted by atomic mass is 16.1. The molecule has 1 aromatic carbocycles. The molecule has 0 aliphatic carbocycles. The van der Waals surface area contributed by atoms with Gasteiger partial charge in [-0.3, -0.25) is 0 Å². The highest BCUT2D eigenvalue weighted by Gasteiger charge is 2.09. The van der Waals surface area contributed by atoms with Crippen LogP contribution in [0.25, 0.3) is 0 Å². The minimum absolute atomic E-state index is 0.0932. The van der Waals surface area contributed by atoms with E-state index >= 15 is 0 Å². The summed E-state index contributed by atoms with van der Waals surface area (Å²) >= 11 is 0. The molecule has 0 fully saturated rings. The van der Waals surface area contributed by atoms with Crippen LogP contribution >= 0.6 is 0 Å². The van der Waals surface area contributed by atoms with Crippen LogP contribution in [-0.2, 0) is 4.79 Å². The lowest BCUT2D eigenvalue weighted by Crippen LogP contribution is -2.00. The second-order valence-corrected chi connectivity index (χ2v) is 5.92. The first-order valence-corrected chi connectivity index (χ1v) is 8.29. The summed E-state index contributed by atoms with van der Waals surface area (Å²) in [6.07, 6.45) is 12.7. The predicted molar refractivity (Wildman–Crippen MR) is 87.2 cm³/mol. The van der Waals surface area contributed by atoms with Crippen LogP contribution < -0.4 is 0 Å². The van der Waals surface area contributed by atoms with E-state index in [9.17, 15) is 4.79 Å². The van der Waals surface area contributed by atoms with Gasteiger partial charge in [-0.05, 0) is 18.9 Å². The molecule has 20 heavy (non-hydrogen) atoms. The van der Waals surface area contributed by atoms with Crippen molar-refractivity contribution in [1.82, 2.24) is 0 Å². The molecule has 0 bridgehead atoms. The van der Waals surface area contributed by atoms with Gasteiger partial charge in [0.15, 0.2) is 0 Å². The van der Waals surface area contributed by atoms with Gasteiger partial charge in [-0.25, -0.2) is 0 Å². The number of carbonyl (C=O) groups excluding carboxylic acids is 1. The van der Waals surface area contributed by atoms with Crippen LogP contribution in [0.3, 0.4) is 0 Å². The van der Waals surface area contributed by atoms with Gasteiger partial charge in [0.2, 0.25) is 0 Å². The summed E-state index contributed by atoms with van der Waals surface area (Å²) in [6.45, 7) is 4.34. The Bertz CT molecular complexity index is 353. The Morgan fingerprint density at radius 2 is 1.45 bits per heavy atom. The van der Waals surface area contributed by atoms with Crippen LogP contribution in [-0.4, -0.2) is 6.29 Å². The maximum Gasteiger partial charge on any atom is 0.127 e. The molecule has 0 N–H and O–H groups in total. The second kappa shape index (κ2) is 10.7. The van der Waals surface area contributed by atoms with E-state index < -0.39 is 0 Å². The number of aldehydes is 1. The van der Waals surface area contributed by atoms with Crippen molar-refractivity contribution in [1.29, 1.82) is 0 Å². The van der Waals surface area contributed by atoms with Gasteiger partial charge in [0.05, 0.1) is 0 Å². The molecule has 1 unspecified atom stereocenters. The van der Waals surface area contributed by atoms with Crippen molar-refractivity contribution in [2.45, 2.75) is 77.6 Å². The van der Waals surface area contributed by atoms with Gasteiger partial charge in [0.25, 0.3) is 0 Å². The lowest BCUT2D eigenvalue weighted by Gasteiger charge is -2.10. The van der Waals surface area contributed by atoms with Gasteiger partial charge in [-0.2, -0.15) is 0 Å². The minimum Gasteiger partial charge on any atom is -0.303 e. The predicted octanol–water partition coefficient (Wildman–Crippen LogP) is 5.81. The van der Waals surface area contributed by atoms with Gasteiger partial charge >= 0.3 is 0 Å². The minimum atomic E-state index is 0.0932. The fourth-order valence-electron chi connectivity index (χ4n) is 2.63. The maximum absolute atomic E-state index is 11.2. The van der Waals surface area contributed by atoms with Gasteiger partial charge < -0.3 is 4.79 Å². The van der Waals surface area contributed by atoms with Crippen molar-refractivity contribution in [2.75, 3.05) is 0 Å². The largest absolute Gasteiger partial charge is 0.303 e. The Morgan fingerprint density at radius 1 is 0.900 bits per heavy atom. The van der Waals surface area contributed by atoms with Crippen molar-refractivity contribution in [2.24, 2.45) is 0 Å². The van der Waals surface area contributed by atoms with Crippen LogP contribution in [0, 0.1) is 6.92 Å². The fourth-order valence-corrected chi connectivity index (χ4v) is 2.63. The van der Waals surface area contributed by atoms with E-state index in [2.05, 4.69) is 38.1 Å². The Hall–Kier alpha value is -1.11. The molecule has 0 saturated carbocycles. The van der Waals surface area contributed by atoms with Crippen molar-refractivity contribution in [3.63, 3.8) is 0 Å². The molecule has 0 saturated heterocycles. The number of hydrogen-bond donors (Lipinski definition) is 0. The van der Waals surface area contributed by atoms with Crippen molar-refractivity contribution in [3.8, 4) is 0 Å². The molecule has 0 spiro atoms. The topological polar surface area (TPSA) is 17.1 Å². The molecule has 1 atom stereocenters. The Kier molecular flexibility index (Phi) is 9.02. The Morgan fingerprint density at radius 3 is 2.00 bits per heavy atom. The molecule has 112 valence electrons. The van der Waals surface area contributed by atoms with Gasteiger partial charge in [-0.1, -0.05) is 88.1 Å². The molecule has 1 nitrogen and oxygen atoms in total. The summed E-state index contributed by atoms with van der Waals surface area (Å²) in [4.78, 5) is 11.2. The highest BCUT2D eigenvalue weighted by Crippen LogP contribution is 2.21. The zero-order valence-electron chi connectivity index (χ0n) is 13.2. The van der Waals surface area contributed by atoms with E-state index in [0.717, 1.165) is 12.7 Å². The zero-order valence-corrected chi connectivity index (χ0v) is 13.2. The molecule has 1 rings (SSSR count). The summed E-state index contributed by atoms with van der Waals surface area (Å²) in [5.41, 5.74) is 2.43. The first-order valence-electron chi connectivity index (χ1n) is 8.29. The quantitative estimate of drug-likeness (QED) is 0.367. The molecular formula is C19H30O. The number of aryl methyl sites for hydroxylation is 1. The third-order valence-corrected chi connectivity index (χ3v) is 4.04. The standard InChI is InChI=1S/C19H30O/c1-3-4-5-6-7-8-9-10-11-19(16-20)18-14-12-17(2)13-15-18/h12-16,19H,3-11H2,1-2H3. The summed E-state index contributed by atoms with van der Waals surface area (Å²) in [6, 6.07) is 8.39. The monoisotopic (exact) mass is 274 g/mol. The van der Waals surface area contributed by atoms with Crippen LogP contribution in [0.4, 0.5) is 0 Å². The number of hydrogen-bond acceptors (Lipinski definition) is 1. The molecule has 0 heterocycles. The lowest BCUT2D eigenvalue weighted by molar-refractivity contribution is -0.109. The van der Waals surface area contributed by atoms with Crippen LogP contribution in [0.15, 0.2) is 24.3 Å². The SMILES string of the molecule is CCCCCCCCCCC(C=O)c1ccc(C)cc1. The van der Waals surface area contributed by atoms with Crippen LogP contribution in [0.2, 0.25) is 0 Å². The first kappa shape index (κ1) is 16.9. The van der Waals surface area contributed by atoms with E-state index in [0.29, 0.717) is 0 Å². The number of rotatable bonds is 11. The molecule has 0 amide bonds. The Labute approximate surface area is 124 Å². The zero-order chi connectivity index (χ0) is 14.6. The van der Waals surface area contributed by atoms with E-state index in [1.54, 1.807) is 0 Å². The third-order valence-electron chi connectivity index (χ3n) is 4.04. The molecule has 0 aliphatic rings. The van der Waals surface area contributed by atoms with E-state index in [4.69, 9.17) is 0 Å². The smallest absolute Gasteiger partial charge is 0.127 e. The third kappa shape index (κ3) is 6.88. The van der Waals surface area contributed by atoms with Crippen LogP contribution in [0.5, 0.6) is 0 Å². The molecule has 1 aromatic rings. The normalized spacial score (nSPS) is 12.3. The molecule has 0 aliphatic heterocycles. The summed E-state index contributed by atoms with van der Waals surface area (Å²) in [7, 11) is 0. The number of carbonyl (C=O) groups is 1. The molecule has 0 radical (unpaired) electrons. The second-order valence-electron chi connectivity index (χ2n) is 5.92. The summed E-state index contributed by atoms with van der Waals surface area (Å²) < 4.78 is 0. The molecule has 1 heteroatoms. The summed E-state index contributed by atoms with van der Waals surface area (Å²) in [5.74, 6) is 0.0932. The van der Waals surface area contributed by atoms with Gasteiger partial charge in [0.1, 0.15) is 6.29 Å². The van der Waals surface area contributed by atoms with Crippen molar-refractivity contribution < 1.29 is 4.79 Å². The van der Waals surface area contributed by atoms with E-state index in [1.807, 2.05) is 0 Å². The van der Waals surface area contributed by atoms with E-state index in [-0.39, 0.29) is 5.92 Å². The maximum atomic E-state index is 11.2. The van der Waals surface area contributed by atoms with Gasteiger partial charge in [0, 0.05) is 5.92 Å². The van der Waals surface area contributed by atoms with Crippen LogP contribution in [0.1, 0.15) is 81.8 Å². The average Bonchev–Trinajstić information content (AvgIpc) is 2.47. The number of benzene rings is 1. The fraction of sp³-hybridized carbons (Fsp3) is 0.632. The average molecular weight is 274 g/mol. The van der Waals surface area contributed by atoms with Gasteiger partial charge in [-0.15, -0.1) is 0 Å². The Balaban J connectivity index is 2.15. The number of unbranched alkanes of at least 4 members (excludes halogenated alkanes) is 7. The molecule has 0 aromatic heterocycles. The highest BCUT2D eigenvalue weighted by molar-refractivity contribution is 5.62. The van der Waals surface area contributed by atoms with E-state index in [1.165, 1.54) is 62.5 Å². The van der Waals surface area contributed by atoms with Crippen molar-refractivity contribution >= 4 is 6.29 Å². The summed E-state index contributed by atoms with van der Waals surface area (Å²) in [5, 5.41) is 0. The molecular weight excluding hydrogens is 244 g/mol. The van der Waals surface area contributed by atoms with Crippen molar-refractivity contribution in [3.05, 3.63) is 35.4 Å². The lowest BCUT2D eigenvalue weighted by atomic mass is 9.93.